The molecule has 174 valence electrons. The first-order valence-corrected chi connectivity index (χ1v) is 11.8. The third-order valence-electron chi connectivity index (χ3n) is 5.29. The molecule has 0 saturated heterocycles. The maximum Gasteiger partial charge on any atom is 0.321 e. The largest absolute Gasteiger partial charge is 0.334 e. The van der Waals surface area contributed by atoms with E-state index in [1.807, 2.05) is 72.8 Å². The molecular formula is C25H20N6O3S. The molecule has 35 heavy (non-hydrogen) atoms. The third-order valence-corrected chi connectivity index (χ3v) is 6.22. The van der Waals surface area contributed by atoms with E-state index in [0.29, 0.717) is 34.1 Å². The molecule has 3 amide bonds. The summed E-state index contributed by atoms with van der Waals surface area (Å²) in [6, 6.07) is 25.2. The van der Waals surface area contributed by atoms with Crippen LogP contribution in [0.2, 0.25) is 0 Å². The Labute approximate surface area is 203 Å². The fraction of sp³-hybridized carbons (Fsp3) is 0.0800. The van der Waals surface area contributed by atoms with E-state index in [4.69, 9.17) is 0 Å². The molecular weight excluding hydrogens is 464 g/mol. The van der Waals surface area contributed by atoms with Gasteiger partial charge in [0.25, 0.3) is 5.56 Å². The quantitative estimate of drug-likeness (QED) is 0.358. The van der Waals surface area contributed by atoms with Gasteiger partial charge in [-0.3, -0.25) is 19.3 Å². The van der Waals surface area contributed by atoms with E-state index in [1.54, 1.807) is 16.5 Å². The molecule has 5 aromatic rings. The number of fused-ring (bicyclic) bond motifs is 3. The maximum absolute atomic E-state index is 13.3. The lowest BCUT2D eigenvalue weighted by Gasteiger charge is -2.11. The molecule has 0 radical (unpaired) electrons. The second-order valence-electron chi connectivity index (χ2n) is 7.62. The van der Waals surface area contributed by atoms with Crippen molar-refractivity contribution in [3.8, 4) is 5.69 Å². The van der Waals surface area contributed by atoms with Crippen LogP contribution < -0.4 is 16.2 Å². The minimum atomic E-state index is -0.575. The SMILES string of the molecule is O=C(CSc1nnc2n(-c3ccccc3)c(=O)c3ccccc3n12)NC(=O)NCc1ccccc1. The Bertz CT molecular complexity index is 1580. The van der Waals surface area contributed by atoms with Gasteiger partial charge in [0, 0.05) is 6.54 Å². The van der Waals surface area contributed by atoms with Crippen LogP contribution in [-0.2, 0) is 11.3 Å². The molecule has 0 saturated carbocycles. The monoisotopic (exact) mass is 484 g/mol. The Morgan fingerprint density at radius 2 is 1.54 bits per heavy atom. The number of carbonyl (C=O) groups excluding carboxylic acids is 2. The van der Waals surface area contributed by atoms with Gasteiger partial charge in [0.15, 0.2) is 5.16 Å². The first kappa shape index (κ1) is 22.4. The Hall–Kier alpha value is -4.44. The normalized spacial score (nSPS) is 11.0. The molecule has 0 bridgehead atoms. The molecule has 2 N–H and O–H groups in total. The van der Waals surface area contributed by atoms with E-state index < -0.39 is 11.9 Å². The predicted octanol–water partition coefficient (Wildman–Crippen LogP) is 3.15. The van der Waals surface area contributed by atoms with Gasteiger partial charge in [-0.05, 0) is 29.8 Å². The lowest BCUT2D eigenvalue weighted by Crippen LogP contribution is -2.39. The Morgan fingerprint density at radius 3 is 2.31 bits per heavy atom. The van der Waals surface area contributed by atoms with Crippen molar-refractivity contribution in [3.05, 3.63) is 101 Å². The zero-order valence-electron chi connectivity index (χ0n) is 18.4. The topological polar surface area (TPSA) is 110 Å². The summed E-state index contributed by atoms with van der Waals surface area (Å²) < 4.78 is 3.24. The van der Waals surface area contributed by atoms with E-state index in [-0.39, 0.29) is 11.3 Å². The van der Waals surface area contributed by atoms with Crippen molar-refractivity contribution < 1.29 is 9.59 Å². The van der Waals surface area contributed by atoms with Gasteiger partial charge in [-0.2, -0.15) is 0 Å². The average molecular weight is 485 g/mol. The highest BCUT2D eigenvalue weighted by Crippen LogP contribution is 2.23. The molecule has 0 fully saturated rings. The number of para-hydroxylation sites is 2. The zero-order chi connectivity index (χ0) is 24.2. The van der Waals surface area contributed by atoms with Crippen LogP contribution >= 0.6 is 11.8 Å². The van der Waals surface area contributed by atoms with Crippen molar-refractivity contribution in [2.75, 3.05) is 5.75 Å². The number of amides is 3. The minimum Gasteiger partial charge on any atom is -0.334 e. The smallest absolute Gasteiger partial charge is 0.321 e. The number of hydrogen-bond donors (Lipinski definition) is 2. The highest BCUT2D eigenvalue weighted by molar-refractivity contribution is 7.99. The first-order valence-electron chi connectivity index (χ1n) is 10.8. The van der Waals surface area contributed by atoms with E-state index in [9.17, 15) is 14.4 Å². The molecule has 9 nitrogen and oxygen atoms in total. The molecule has 5 rings (SSSR count). The molecule has 0 atom stereocenters. The summed E-state index contributed by atoms with van der Waals surface area (Å²) in [5.41, 5.74) is 2.00. The van der Waals surface area contributed by atoms with E-state index in [0.717, 1.165) is 17.3 Å². The fourth-order valence-corrected chi connectivity index (χ4v) is 4.44. The summed E-state index contributed by atoms with van der Waals surface area (Å²) in [7, 11) is 0. The highest BCUT2D eigenvalue weighted by Gasteiger charge is 2.19. The second-order valence-corrected chi connectivity index (χ2v) is 8.56. The Kier molecular flexibility index (Phi) is 6.27. The van der Waals surface area contributed by atoms with Crippen LogP contribution in [0.3, 0.4) is 0 Å². The predicted molar refractivity (Wildman–Crippen MR) is 134 cm³/mol. The van der Waals surface area contributed by atoms with Crippen molar-refractivity contribution in [3.63, 3.8) is 0 Å². The van der Waals surface area contributed by atoms with Crippen LogP contribution in [0.4, 0.5) is 4.79 Å². The summed E-state index contributed by atoms with van der Waals surface area (Å²) in [5, 5.41) is 14.4. The fourth-order valence-electron chi connectivity index (χ4n) is 3.70. The van der Waals surface area contributed by atoms with Gasteiger partial charge in [0.2, 0.25) is 11.7 Å². The van der Waals surface area contributed by atoms with Crippen molar-refractivity contribution in [2.45, 2.75) is 11.7 Å². The number of carbonyl (C=O) groups is 2. The maximum atomic E-state index is 13.3. The van der Waals surface area contributed by atoms with Crippen LogP contribution in [-0.4, -0.2) is 36.9 Å². The zero-order valence-corrected chi connectivity index (χ0v) is 19.2. The molecule has 2 heterocycles. The van der Waals surface area contributed by atoms with Crippen LogP contribution in [0, 0.1) is 0 Å². The summed E-state index contributed by atoms with van der Waals surface area (Å²) in [5.74, 6) is -0.195. The Morgan fingerprint density at radius 1 is 0.857 bits per heavy atom. The number of urea groups is 1. The number of nitrogens with zero attached hydrogens (tertiary/aromatic N) is 4. The molecule has 0 aliphatic rings. The standard InChI is InChI=1S/C25H20N6O3S/c32-21(27-23(34)26-15-17-9-3-1-4-10-17)16-35-25-29-28-24-30(18-11-5-2-6-12-18)22(33)19-13-7-8-14-20(19)31(24)25/h1-14H,15-16H2,(H2,26,27,32,34). The van der Waals surface area contributed by atoms with Crippen LogP contribution in [0.5, 0.6) is 0 Å². The third kappa shape index (κ3) is 4.64. The molecule has 2 aromatic heterocycles. The van der Waals surface area contributed by atoms with Gasteiger partial charge in [-0.15, -0.1) is 10.2 Å². The van der Waals surface area contributed by atoms with Gasteiger partial charge in [0.1, 0.15) is 0 Å². The molecule has 3 aromatic carbocycles. The van der Waals surface area contributed by atoms with Gasteiger partial charge in [0.05, 0.1) is 22.3 Å². The summed E-state index contributed by atoms with van der Waals surface area (Å²) in [4.78, 5) is 37.8. The first-order chi connectivity index (χ1) is 17.1. The number of benzene rings is 3. The van der Waals surface area contributed by atoms with E-state index in [1.165, 1.54) is 4.57 Å². The number of thioether (sulfide) groups is 1. The number of aromatic nitrogens is 4. The van der Waals surface area contributed by atoms with Gasteiger partial charge >= 0.3 is 6.03 Å². The molecule has 0 unspecified atom stereocenters. The number of imide groups is 1. The molecule has 0 spiro atoms. The summed E-state index contributed by atoms with van der Waals surface area (Å²) in [6.45, 7) is 0.310. The van der Waals surface area contributed by atoms with E-state index >= 15 is 0 Å². The van der Waals surface area contributed by atoms with Crippen molar-refractivity contribution in [2.24, 2.45) is 0 Å². The lowest BCUT2D eigenvalue weighted by atomic mass is 10.2. The minimum absolute atomic E-state index is 0.0572. The summed E-state index contributed by atoms with van der Waals surface area (Å²) >= 11 is 1.13. The van der Waals surface area contributed by atoms with Crippen LogP contribution in [0.25, 0.3) is 22.4 Å². The van der Waals surface area contributed by atoms with Crippen LogP contribution in [0.1, 0.15) is 5.56 Å². The van der Waals surface area contributed by atoms with Crippen LogP contribution in [0.15, 0.2) is 94.9 Å². The Balaban J connectivity index is 1.38. The lowest BCUT2D eigenvalue weighted by molar-refractivity contribution is -0.117. The van der Waals surface area contributed by atoms with Crippen molar-refractivity contribution in [1.29, 1.82) is 0 Å². The van der Waals surface area contributed by atoms with Gasteiger partial charge in [-0.25, -0.2) is 9.36 Å². The number of hydrogen-bond acceptors (Lipinski definition) is 6. The number of rotatable bonds is 6. The summed E-state index contributed by atoms with van der Waals surface area (Å²) in [6.07, 6.45) is 0. The molecule has 0 aliphatic heterocycles. The second kappa shape index (κ2) is 9.82. The number of nitrogens with one attached hydrogen (secondary N) is 2. The average Bonchev–Trinajstić information content (AvgIpc) is 3.31. The van der Waals surface area contributed by atoms with E-state index in [2.05, 4.69) is 20.8 Å². The molecule has 10 heteroatoms. The highest BCUT2D eigenvalue weighted by atomic mass is 32.2. The molecule has 0 aliphatic carbocycles. The van der Waals surface area contributed by atoms with Gasteiger partial charge in [-0.1, -0.05) is 72.4 Å². The van der Waals surface area contributed by atoms with Gasteiger partial charge < -0.3 is 5.32 Å². The van der Waals surface area contributed by atoms with Crippen molar-refractivity contribution in [1.82, 2.24) is 29.8 Å². The van der Waals surface area contributed by atoms with Crippen molar-refractivity contribution >= 4 is 40.4 Å².